The van der Waals surface area contributed by atoms with Gasteiger partial charge in [-0.25, -0.2) is 18.7 Å². The van der Waals surface area contributed by atoms with E-state index in [1.165, 1.54) is 6.07 Å². The van der Waals surface area contributed by atoms with Crippen molar-refractivity contribution >= 4 is 27.8 Å². The van der Waals surface area contributed by atoms with Crippen LogP contribution >= 0.6 is 15.9 Å². The van der Waals surface area contributed by atoms with Gasteiger partial charge in [0.15, 0.2) is 11.6 Å². The number of amides is 1. The summed E-state index contributed by atoms with van der Waals surface area (Å²) in [6, 6.07) is 3.67. The second-order valence-corrected chi connectivity index (χ2v) is 6.10. The molecule has 0 saturated carbocycles. The number of halogens is 3. The third-order valence-corrected chi connectivity index (χ3v) is 3.98. The lowest BCUT2D eigenvalue weighted by molar-refractivity contribution is -0.131. The first kappa shape index (κ1) is 15.8. The molecule has 0 aliphatic carbocycles. The van der Waals surface area contributed by atoms with E-state index in [1.807, 2.05) is 0 Å². The summed E-state index contributed by atoms with van der Waals surface area (Å²) >= 11 is 3.26. The lowest BCUT2D eigenvalue weighted by atomic mass is 10.2. The standard InChI is InChI=1S/C15H13BrF2N4O/c16-11-6-19-15(20-7-11)22-4-3-21(14(23)9-22)8-10-1-2-12(17)13(18)5-10/h1-2,5-7H,3-4,8-9H2. The van der Waals surface area contributed by atoms with Gasteiger partial charge in [0.05, 0.1) is 4.47 Å². The third-order valence-electron chi connectivity index (χ3n) is 3.57. The van der Waals surface area contributed by atoms with Crippen molar-refractivity contribution in [1.29, 1.82) is 0 Å². The van der Waals surface area contributed by atoms with Gasteiger partial charge in [0.25, 0.3) is 0 Å². The topological polar surface area (TPSA) is 49.3 Å². The Bertz CT molecular complexity index is 726. The molecule has 8 heteroatoms. The minimum Gasteiger partial charge on any atom is -0.335 e. The highest BCUT2D eigenvalue weighted by Crippen LogP contribution is 2.16. The molecule has 0 bridgehead atoms. The number of carbonyl (C=O) groups excluding carboxylic acids is 1. The first-order chi connectivity index (χ1) is 11.0. The lowest BCUT2D eigenvalue weighted by Gasteiger charge is -2.34. The molecule has 1 aliphatic rings. The van der Waals surface area contributed by atoms with Gasteiger partial charge < -0.3 is 9.80 Å². The van der Waals surface area contributed by atoms with Crippen molar-refractivity contribution in [2.24, 2.45) is 0 Å². The Morgan fingerprint density at radius 1 is 1.13 bits per heavy atom. The number of rotatable bonds is 3. The molecular weight excluding hydrogens is 370 g/mol. The molecule has 2 aromatic rings. The molecule has 3 rings (SSSR count). The van der Waals surface area contributed by atoms with E-state index in [1.54, 1.807) is 22.2 Å². The Labute approximate surface area is 140 Å². The van der Waals surface area contributed by atoms with Crippen LogP contribution in [0.5, 0.6) is 0 Å². The van der Waals surface area contributed by atoms with Crippen molar-refractivity contribution in [1.82, 2.24) is 14.9 Å². The van der Waals surface area contributed by atoms with Crippen LogP contribution in [-0.2, 0) is 11.3 Å². The van der Waals surface area contributed by atoms with Gasteiger partial charge in [-0.15, -0.1) is 0 Å². The van der Waals surface area contributed by atoms with E-state index >= 15 is 0 Å². The summed E-state index contributed by atoms with van der Waals surface area (Å²) < 4.78 is 26.9. The van der Waals surface area contributed by atoms with Crippen LogP contribution in [0.25, 0.3) is 0 Å². The highest BCUT2D eigenvalue weighted by Gasteiger charge is 2.25. The number of benzene rings is 1. The van der Waals surface area contributed by atoms with Crippen LogP contribution in [0.3, 0.4) is 0 Å². The first-order valence-corrected chi connectivity index (χ1v) is 7.76. The van der Waals surface area contributed by atoms with Gasteiger partial charge >= 0.3 is 0 Å². The van der Waals surface area contributed by atoms with Crippen molar-refractivity contribution in [3.8, 4) is 0 Å². The quantitative estimate of drug-likeness (QED) is 0.817. The van der Waals surface area contributed by atoms with Gasteiger partial charge in [0.2, 0.25) is 11.9 Å². The predicted octanol–water partition coefficient (Wildman–Crippen LogP) is 2.37. The van der Waals surface area contributed by atoms with E-state index in [0.717, 1.165) is 16.6 Å². The second-order valence-electron chi connectivity index (χ2n) is 5.19. The Morgan fingerprint density at radius 3 is 2.52 bits per heavy atom. The van der Waals surface area contributed by atoms with Crippen LogP contribution in [0.4, 0.5) is 14.7 Å². The molecule has 0 atom stereocenters. The van der Waals surface area contributed by atoms with Crippen LogP contribution in [0.2, 0.25) is 0 Å². The summed E-state index contributed by atoms with van der Waals surface area (Å²) in [5.74, 6) is -1.41. The maximum absolute atomic E-state index is 13.2. The van der Waals surface area contributed by atoms with E-state index in [0.29, 0.717) is 24.6 Å². The molecule has 0 N–H and O–H groups in total. The van der Waals surface area contributed by atoms with Crippen LogP contribution in [0.1, 0.15) is 5.56 Å². The number of carbonyl (C=O) groups is 1. The predicted molar refractivity (Wildman–Crippen MR) is 83.7 cm³/mol. The summed E-state index contributed by atoms with van der Waals surface area (Å²) in [5, 5.41) is 0. The highest BCUT2D eigenvalue weighted by molar-refractivity contribution is 9.10. The second kappa shape index (κ2) is 6.57. The fourth-order valence-corrected chi connectivity index (χ4v) is 2.58. The van der Waals surface area contributed by atoms with E-state index in [9.17, 15) is 13.6 Å². The molecule has 23 heavy (non-hydrogen) atoms. The van der Waals surface area contributed by atoms with Gasteiger partial charge in [-0.1, -0.05) is 6.07 Å². The molecule has 0 spiro atoms. The van der Waals surface area contributed by atoms with Crippen LogP contribution in [0.15, 0.2) is 35.1 Å². The van der Waals surface area contributed by atoms with E-state index in [4.69, 9.17) is 0 Å². The fourth-order valence-electron chi connectivity index (χ4n) is 2.37. The molecule has 5 nitrogen and oxygen atoms in total. The van der Waals surface area contributed by atoms with Gasteiger partial charge in [-0.05, 0) is 33.6 Å². The smallest absolute Gasteiger partial charge is 0.242 e. The van der Waals surface area contributed by atoms with E-state index in [2.05, 4.69) is 25.9 Å². The summed E-state index contributed by atoms with van der Waals surface area (Å²) in [5.41, 5.74) is 0.561. The number of anilines is 1. The maximum Gasteiger partial charge on any atom is 0.242 e. The largest absolute Gasteiger partial charge is 0.335 e. The molecule has 0 radical (unpaired) electrons. The van der Waals surface area contributed by atoms with Crippen molar-refractivity contribution in [2.45, 2.75) is 6.54 Å². The molecule has 1 aromatic carbocycles. The Balaban J connectivity index is 1.65. The molecule has 1 amide bonds. The van der Waals surface area contributed by atoms with Gasteiger partial charge in [-0.2, -0.15) is 0 Å². The zero-order valence-electron chi connectivity index (χ0n) is 12.0. The Hall–Kier alpha value is -2.09. The fraction of sp³-hybridized carbons (Fsp3) is 0.267. The molecular formula is C15H13BrF2N4O. The Morgan fingerprint density at radius 2 is 1.87 bits per heavy atom. The highest BCUT2D eigenvalue weighted by atomic mass is 79.9. The van der Waals surface area contributed by atoms with Gasteiger partial charge in [0.1, 0.15) is 6.54 Å². The van der Waals surface area contributed by atoms with E-state index in [-0.39, 0.29) is 19.0 Å². The Kier molecular flexibility index (Phi) is 4.51. The molecule has 0 unspecified atom stereocenters. The first-order valence-electron chi connectivity index (χ1n) is 6.97. The zero-order chi connectivity index (χ0) is 16.4. The number of nitrogens with zero attached hydrogens (tertiary/aromatic N) is 4. The normalized spacial score (nSPS) is 15.2. The summed E-state index contributed by atoms with van der Waals surface area (Å²) in [4.78, 5) is 24.0. The molecule has 1 fully saturated rings. The van der Waals surface area contributed by atoms with Crippen molar-refractivity contribution in [2.75, 3.05) is 24.5 Å². The molecule has 1 aromatic heterocycles. The minimum absolute atomic E-state index is 0.104. The van der Waals surface area contributed by atoms with Crippen molar-refractivity contribution in [3.05, 3.63) is 52.3 Å². The maximum atomic E-state index is 13.2. The molecule has 120 valence electrons. The SMILES string of the molecule is O=C1CN(c2ncc(Br)cn2)CCN1Cc1ccc(F)c(F)c1. The van der Waals surface area contributed by atoms with E-state index < -0.39 is 11.6 Å². The average Bonchev–Trinajstić information content (AvgIpc) is 2.53. The summed E-state index contributed by atoms with van der Waals surface area (Å²) in [7, 11) is 0. The lowest BCUT2D eigenvalue weighted by Crippen LogP contribution is -2.50. The average molecular weight is 383 g/mol. The van der Waals surface area contributed by atoms with Gasteiger partial charge in [0, 0.05) is 32.0 Å². The van der Waals surface area contributed by atoms with Gasteiger partial charge in [-0.3, -0.25) is 4.79 Å². The molecule has 1 saturated heterocycles. The number of hydrogen-bond acceptors (Lipinski definition) is 4. The minimum atomic E-state index is -0.906. The monoisotopic (exact) mass is 382 g/mol. The summed E-state index contributed by atoms with van der Waals surface area (Å²) in [6.07, 6.45) is 3.25. The molecule has 2 heterocycles. The number of piperazine rings is 1. The van der Waals surface area contributed by atoms with Crippen molar-refractivity contribution in [3.63, 3.8) is 0 Å². The number of hydrogen-bond donors (Lipinski definition) is 0. The van der Waals surface area contributed by atoms with Crippen LogP contribution in [-0.4, -0.2) is 40.4 Å². The van der Waals surface area contributed by atoms with Crippen LogP contribution < -0.4 is 4.90 Å². The van der Waals surface area contributed by atoms with Crippen molar-refractivity contribution < 1.29 is 13.6 Å². The third kappa shape index (κ3) is 3.64. The number of aromatic nitrogens is 2. The zero-order valence-corrected chi connectivity index (χ0v) is 13.6. The summed E-state index contributed by atoms with van der Waals surface area (Å²) in [6.45, 7) is 1.46. The van der Waals surface area contributed by atoms with Crippen LogP contribution in [0, 0.1) is 11.6 Å². The molecule has 1 aliphatic heterocycles.